The van der Waals surface area contributed by atoms with Crippen LogP contribution in [-0.4, -0.2) is 41.9 Å². The molecule has 2 N–H and O–H groups in total. The second-order valence-electron chi connectivity index (χ2n) is 5.83. The molecule has 1 unspecified atom stereocenters. The summed E-state index contributed by atoms with van der Waals surface area (Å²) in [5.74, 6) is 1.05. The van der Waals surface area contributed by atoms with Crippen LogP contribution in [0.2, 0.25) is 0 Å². The number of aromatic nitrogens is 2. The molecule has 1 atom stereocenters. The highest BCUT2D eigenvalue weighted by atomic mass is 16.5. The van der Waals surface area contributed by atoms with Gasteiger partial charge >= 0.3 is 0 Å². The van der Waals surface area contributed by atoms with Crippen molar-refractivity contribution < 1.29 is 19.1 Å². The van der Waals surface area contributed by atoms with Gasteiger partial charge in [0.15, 0.2) is 11.5 Å². The average molecular weight is 344 g/mol. The third-order valence-electron chi connectivity index (χ3n) is 4.26. The van der Waals surface area contributed by atoms with Gasteiger partial charge in [0.25, 0.3) is 5.91 Å². The van der Waals surface area contributed by atoms with E-state index in [0.29, 0.717) is 29.3 Å². The smallest absolute Gasteiger partial charge is 0.252 e. The van der Waals surface area contributed by atoms with E-state index in [1.165, 1.54) is 14.2 Å². The first-order chi connectivity index (χ1) is 11.9. The summed E-state index contributed by atoms with van der Waals surface area (Å²) in [6.45, 7) is 1.88. The van der Waals surface area contributed by atoms with Crippen LogP contribution in [0.15, 0.2) is 18.2 Å². The summed E-state index contributed by atoms with van der Waals surface area (Å²) in [6.07, 6.45) is 0.403. The van der Waals surface area contributed by atoms with Gasteiger partial charge in [0.05, 0.1) is 19.9 Å². The van der Waals surface area contributed by atoms with Crippen LogP contribution < -0.4 is 20.1 Å². The van der Waals surface area contributed by atoms with Gasteiger partial charge in [0, 0.05) is 24.6 Å². The van der Waals surface area contributed by atoms with E-state index >= 15 is 0 Å². The zero-order chi connectivity index (χ0) is 18.1. The number of ether oxygens (including phenoxy) is 2. The molecule has 0 saturated heterocycles. The molecule has 2 heterocycles. The van der Waals surface area contributed by atoms with E-state index in [9.17, 15) is 9.59 Å². The van der Waals surface area contributed by atoms with Crippen LogP contribution in [0.3, 0.4) is 0 Å². The first-order valence-electron chi connectivity index (χ1n) is 7.80. The van der Waals surface area contributed by atoms with Gasteiger partial charge in [-0.25, -0.2) is 0 Å². The van der Waals surface area contributed by atoms with Crippen molar-refractivity contribution in [3.63, 3.8) is 0 Å². The second-order valence-corrected chi connectivity index (χ2v) is 5.83. The lowest BCUT2D eigenvalue weighted by atomic mass is 10.0. The highest BCUT2D eigenvalue weighted by Crippen LogP contribution is 2.28. The fourth-order valence-electron chi connectivity index (χ4n) is 2.94. The van der Waals surface area contributed by atoms with Gasteiger partial charge in [-0.1, -0.05) is 0 Å². The maximum Gasteiger partial charge on any atom is 0.252 e. The molecule has 0 radical (unpaired) electrons. The van der Waals surface area contributed by atoms with Crippen LogP contribution in [0.25, 0.3) is 0 Å². The van der Waals surface area contributed by atoms with Crippen molar-refractivity contribution in [2.45, 2.75) is 19.4 Å². The molecular weight excluding hydrogens is 324 g/mol. The normalized spacial score (nSPS) is 16.0. The number of hydrogen-bond donors (Lipinski definition) is 2. The number of benzene rings is 1. The van der Waals surface area contributed by atoms with Gasteiger partial charge < -0.3 is 20.1 Å². The number of nitrogens with one attached hydrogen (secondary N) is 2. The van der Waals surface area contributed by atoms with Crippen LogP contribution in [-0.2, 0) is 18.3 Å². The molecule has 0 spiro atoms. The minimum Gasteiger partial charge on any atom is -0.493 e. The molecule has 0 saturated carbocycles. The Morgan fingerprint density at radius 1 is 1.32 bits per heavy atom. The molecule has 2 aromatic rings. The number of methoxy groups -OCH3 is 2. The van der Waals surface area contributed by atoms with Crippen LogP contribution in [0.4, 0.5) is 5.82 Å². The van der Waals surface area contributed by atoms with Crippen LogP contribution in [0.5, 0.6) is 11.5 Å². The van der Waals surface area contributed by atoms with Crippen molar-refractivity contribution in [2.75, 3.05) is 19.5 Å². The largest absolute Gasteiger partial charge is 0.493 e. The Balaban J connectivity index is 1.79. The number of fused-ring (bicyclic) bond motifs is 1. The Bertz CT molecular complexity index is 843. The maximum atomic E-state index is 12.5. The summed E-state index contributed by atoms with van der Waals surface area (Å²) in [5.41, 5.74) is 2.15. The van der Waals surface area contributed by atoms with E-state index in [-0.39, 0.29) is 11.8 Å². The van der Waals surface area contributed by atoms with Crippen molar-refractivity contribution in [3.05, 3.63) is 35.0 Å². The molecule has 3 rings (SSSR count). The number of rotatable bonds is 4. The highest BCUT2D eigenvalue weighted by molar-refractivity contribution is 6.02. The molecule has 2 amide bonds. The SMILES string of the molecule is COc1ccc(C(=O)NC2Cc3c(C)nn(C)c3NC2=O)cc1OC. The topological polar surface area (TPSA) is 94.5 Å². The molecule has 8 nitrogen and oxygen atoms in total. The third-order valence-corrected chi connectivity index (χ3v) is 4.26. The molecule has 132 valence electrons. The van der Waals surface area contributed by atoms with Crippen molar-refractivity contribution in [3.8, 4) is 11.5 Å². The number of amides is 2. The Morgan fingerprint density at radius 3 is 2.72 bits per heavy atom. The fourth-order valence-corrected chi connectivity index (χ4v) is 2.94. The van der Waals surface area contributed by atoms with Gasteiger partial charge in [-0.2, -0.15) is 5.10 Å². The fraction of sp³-hybridized carbons (Fsp3) is 0.353. The number of carbonyl (C=O) groups is 2. The van der Waals surface area contributed by atoms with Gasteiger partial charge in [-0.15, -0.1) is 0 Å². The number of carbonyl (C=O) groups excluding carboxylic acids is 2. The predicted octanol–water partition coefficient (Wildman–Crippen LogP) is 1.04. The molecule has 0 fully saturated rings. The van der Waals surface area contributed by atoms with Gasteiger partial charge in [0.1, 0.15) is 11.9 Å². The standard InChI is InChI=1S/C17H20N4O4/c1-9-11-8-12(17(23)19-15(11)21(2)20-9)18-16(22)10-5-6-13(24-3)14(7-10)25-4/h5-7,12H,8H2,1-4H3,(H,18,22)(H,19,23). The minimum atomic E-state index is -0.656. The van der Waals surface area contributed by atoms with E-state index in [4.69, 9.17) is 9.47 Å². The lowest BCUT2D eigenvalue weighted by molar-refractivity contribution is -0.118. The zero-order valence-electron chi connectivity index (χ0n) is 14.5. The van der Waals surface area contributed by atoms with E-state index < -0.39 is 6.04 Å². The van der Waals surface area contributed by atoms with Crippen molar-refractivity contribution in [1.29, 1.82) is 0 Å². The molecular formula is C17H20N4O4. The number of hydrogen-bond acceptors (Lipinski definition) is 5. The van der Waals surface area contributed by atoms with E-state index in [1.807, 2.05) is 6.92 Å². The summed E-state index contributed by atoms with van der Waals surface area (Å²) in [5, 5.41) is 9.87. The molecule has 1 aliphatic heterocycles. The Morgan fingerprint density at radius 2 is 2.04 bits per heavy atom. The lowest BCUT2D eigenvalue weighted by Gasteiger charge is -2.24. The van der Waals surface area contributed by atoms with Gasteiger partial charge in [-0.3, -0.25) is 14.3 Å². The molecule has 1 aromatic heterocycles. The summed E-state index contributed by atoms with van der Waals surface area (Å²) in [7, 11) is 4.80. The highest BCUT2D eigenvalue weighted by Gasteiger charge is 2.31. The summed E-state index contributed by atoms with van der Waals surface area (Å²) < 4.78 is 12.0. The van der Waals surface area contributed by atoms with E-state index in [0.717, 1.165) is 11.3 Å². The van der Waals surface area contributed by atoms with Gasteiger partial charge in [0.2, 0.25) is 5.91 Å². The first kappa shape index (κ1) is 16.8. The first-order valence-corrected chi connectivity index (χ1v) is 7.80. The summed E-state index contributed by atoms with van der Waals surface area (Å²) in [6, 6.07) is 4.20. The Labute approximate surface area is 145 Å². The summed E-state index contributed by atoms with van der Waals surface area (Å²) >= 11 is 0. The van der Waals surface area contributed by atoms with Crippen LogP contribution >= 0.6 is 0 Å². The minimum absolute atomic E-state index is 0.260. The predicted molar refractivity (Wildman–Crippen MR) is 91.1 cm³/mol. The Hall–Kier alpha value is -3.03. The number of nitrogens with zero attached hydrogens (tertiary/aromatic N) is 2. The molecule has 0 aliphatic carbocycles. The van der Waals surface area contributed by atoms with Crippen molar-refractivity contribution in [1.82, 2.24) is 15.1 Å². The molecule has 25 heavy (non-hydrogen) atoms. The number of aryl methyl sites for hydroxylation is 2. The van der Waals surface area contributed by atoms with E-state index in [2.05, 4.69) is 15.7 Å². The molecule has 1 aromatic carbocycles. The third kappa shape index (κ3) is 3.02. The zero-order valence-corrected chi connectivity index (χ0v) is 14.5. The maximum absolute atomic E-state index is 12.5. The van der Waals surface area contributed by atoms with Crippen LogP contribution in [0, 0.1) is 6.92 Å². The van der Waals surface area contributed by atoms with Crippen LogP contribution in [0.1, 0.15) is 21.6 Å². The molecule has 8 heteroatoms. The number of anilines is 1. The molecule has 0 bridgehead atoms. The lowest BCUT2D eigenvalue weighted by Crippen LogP contribution is -2.47. The van der Waals surface area contributed by atoms with Crippen molar-refractivity contribution in [2.24, 2.45) is 7.05 Å². The quantitative estimate of drug-likeness (QED) is 0.864. The summed E-state index contributed by atoms with van der Waals surface area (Å²) in [4.78, 5) is 24.8. The van der Waals surface area contributed by atoms with E-state index in [1.54, 1.807) is 29.9 Å². The van der Waals surface area contributed by atoms with Gasteiger partial charge in [-0.05, 0) is 25.1 Å². The molecule has 1 aliphatic rings. The Kier molecular flexibility index (Phi) is 4.35. The average Bonchev–Trinajstić information content (AvgIpc) is 2.88. The monoisotopic (exact) mass is 344 g/mol. The second kappa shape index (κ2) is 6.46. The van der Waals surface area contributed by atoms with Crippen molar-refractivity contribution >= 4 is 17.6 Å².